The van der Waals surface area contributed by atoms with Crippen molar-refractivity contribution in [3.05, 3.63) is 59.8 Å². The molecule has 1 unspecified atom stereocenters. The number of rotatable bonds is 5. The van der Waals surface area contributed by atoms with Crippen LogP contribution in [0.25, 0.3) is 0 Å². The van der Waals surface area contributed by atoms with Crippen LogP contribution in [0.3, 0.4) is 0 Å². The van der Waals surface area contributed by atoms with E-state index in [4.69, 9.17) is 0 Å². The zero-order chi connectivity index (χ0) is 15.2. The van der Waals surface area contributed by atoms with Gasteiger partial charge in [0.25, 0.3) is 5.91 Å². The third-order valence-corrected chi connectivity index (χ3v) is 3.12. The number of nitrogens with one attached hydrogen (secondary N) is 2. The largest absolute Gasteiger partial charge is 0.367 e. The summed E-state index contributed by atoms with van der Waals surface area (Å²) in [6.45, 7) is 6.01. The number of hydrogen-bond donors (Lipinski definition) is 2. The van der Waals surface area contributed by atoms with Gasteiger partial charge in [-0.3, -0.25) is 4.79 Å². The first-order valence-electron chi connectivity index (χ1n) is 7.15. The lowest BCUT2D eigenvalue weighted by atomic mass is 10.1. The van der Waals surface area contributed by atoms with E-state index in [1.54, 1.807) is 18.3 Å². The van der Waals surface area contributed by atoms with Gasteiger partial charge in [0.05, 0.1) is 11.6 Å². The normalized spacial score (nSPS) is 12.0. The second-order valence-corrected chi connectivity index (χ2v) is 5.30. The van der Waals surface area contributed by atoms with Crippen molar-refractivity contribution in [2.24, 2.45) is 0 Å². The van der Waals surface area contributed by atoms with Crippen molar-refractivity contribution in [2.75, 3.05) is 5.32 Å². The minimum atomic E-state index is -0.123. The Labute approximate surface area is 125 Å². The molecular formula is C17H21N3O. The first kappa shape index (κ1) is 15.0. The minimum absolute atomic E-state index is 0.0502. The molecule has 0 aliphatic heterocycles. The summed E-state index contributed by atoms with van der Waals surface area (Å²) < 4.78 is 0. The first-order chi connectivity index (χ1) is 10.1. The van der Waals surface area contributed by atoms with Crippen molar-refractivity contribution in [2.45, 2.75) is 32.9 Å². The van der Waals surface area contributed by atoms with Crippen molar-refractivity contribution in [3.8, 4) is 0 Å². The molecule has 0 aliphatic rings. The van der Waals surface area contributed by atoms with E-state index in [1.807, 2.05) is 51.1 Å². The molecule has 1 amide bonds. The van der Waals surface area contributed by atoms with Crippen molar-refractivity contribution in [3.63, 3.8) is 0 Å². The number of carbonyl (C=O) groups excluding carboxylic acids is 1. The van der Waals surface area contributed by atoms with Gasteiger partial charge in [-0.25, -0.2) is 4.98 Å². The summed E-state index contributed by atoms with van der Waals surface area (Å²) in [7, 11) is 0. The third-order valence-electron chi connectivity index (χ3n) is 3.12. The highest BCUT2D eigenvalue weighted by atomic mass is 16.1. The average Bonchev–Trinajstić information content (AvgIpc) is 2.48. The van der Waals surface area contributed by atoms with E-state index in [1.165, 1.54) is 0 Å². The minimum Gasteiger partial charge on any atom is -0.367 e. The van der Waals surface area contributed by atoms with E-state index in [9.17, 15) is 4.79 Å². The summed E-state index contributed by atoms with van der Waals surface area (Å²) >= 11 is 0. The highest BCUT2D eigenvalue weighted by Crippen LogP contribution is 2.16. The second kappa shape index (κ2) is 6.88. The van der Waals surface area contributed by atoms with E-state index in [0.717, 1.165) is 5.56 Å². The van der Waals surface area contributed by atoms with Gasteiger partial charge in [-0.05, 0) is 38.5 Å². The molecule has 0 radical (unpaired) electrons. The predicted octanol–water partition coefficient (Wildman–Crippen LogP) is 3.39. The molecule has 1 atom stereocenters. The third kappa shape index (κ3) is 4.05. The molecule has 0 aliphatic carbocycles. The fourth-order valence-electron chi connectivity index (χ4n) is 2.08. The van der Waals surface area contributed by atoms with Crippen LogP contribution in [0.15, 0.2) is 48.7 Å². The first-order valence-corrected chi connectivity index (χ1v) is 7.15. The zero-order valence-electron chi connectivity index (χ0n) is 12.6. The number of nitrogens with zero attached hydrogens (tertiary/aromatic N) is 1. The number of amides is 1. The number of pyridine rings is 1. The van der Waals surface area contributed by atoms with Crippen molar-refractivity contribution < 1.29 is 4.79 Å². The van der Waals surface area contributed by atoms with Crippen LogP contribution in [-0.2, 0) is 0 Å². The SMILES string of the molecule is CC(C)Nc1ncccc1C(=O)NC(C)c1ccccc1. The van der Waals surface area contributed by atoms with Crippen LogP contribution in [-0.4, -0.2) is 16.9 Å². The number of hydrogen-bond acceptors (Lipinski definition) is 3. The Kier molecular flexibility index (Phi) is 4.93. The monoisotopic (exact) mass is 283 g/mol. The summed E-state index contributed by atoms with van der Waals surface area (Å²) in [5.41, 5.74) is 1.64. The maximum Gasteiger partial charge on any atom is 0.255 e. The van der Waals surface area contributed by atoms with Crippen LogP contribution < -0.4 is 10.6 Å². The Morgan fingerprint density at radius 3 is 2.43 bits per heavy atom. The Morgan fingerprint density at radius 2 is 1.76 bits per heavy atom. The highest BCUT2D eigenvalue weighted by Gasteiger charge is 2.15. The van der Waals surface area contributed by atoms with Gasteiger partial charge in [-0.2, -0.15) is 0 Å². The summed E-state index contributed by atoms with van der Waals surface area (Å²) in [5.74, 6) is 0.493. The van der Waals surface area contributed by atoms with Gasteiger partial charge in [0.1, 0.15) is 5.82 Å². The van der Waals surface area contributed by atoms with E-state index >= 15 is 0 Å². The number of carbonyl (C=O) groups is 1. The summed E-state index contributed by atoms with van der Waals surface area (Å²) in [6.07, 6.45) is 1.68. The molecule has 4 heteroatoms. The van der Waals surface area contributed by atoms with Gasteiger partial charge in [0.15, 0.2) is 0 Å². The second-order valence-electron chi connectivity index (χ2n) is 5.30. The Balaban J connectivity index is 2.14. The van der Waals surface area contributed by atoms with Gasteiger partial charge >= 0.3 is 0 Å². The molecule has 21 heavy (non-hydrogen) atoms. The molecule has 1 aromatic heterocycles. The Hall–Kier alpha value is -2.36. The summed E-state index contributed by atoms with van der Waals surface area (Å²) in [6, 6.07) is 13.6. The molecule has 1 heterocycles. The molecule has 2 N–H and O–H groups in total. The summed E-state index contributed by atoms with van der Waals surface area (Å²) in [4.78, 5) is 16.7. The lowest BCUT2D eigenvalue weighted by Crippen LogP contribution is -2.28. The fourth-order valence-corrected chi connectivity index (χ4v) is 2.08. The molecule has 2 rings (SSSR count). The van der Waals surface area contributed by atoms with Gasteiger partial charge in [0, 0.05) is 12.2 Å². The predicted molar refractivity (Wildman–Crippen MR) is 85.3 cm³/mol. The van der Waals surface area contributed by atoms with Crippen molar-refractivity contribution in [1.82, 2.24) is 10.3 Å². The standard InChI is InChI=1S/C17H21N3O/c1-12(2)19-16-15(10-7-11-18-16)17(21)20-13(3)14-8-5-4-6-9-14/h4-13H,1-3H3,(H,18,19)(H,20,21). The van der Waals surface area contributed by atoms with Crippen LogP contribution in [0.2, 0.25) is 0 Å². The number of anilines is 1. The van der Waals surface area contributed by atoms with Crippen LogP contribution >= 0.6 is 0 Å². The molecule has 0 saturated carbocycles. The number of aromatic nitrogens is 1. The maximum absolute atomic E-state index is 12.4. The van der Waals surface area contributed by atoms with Gasteiger partial charge in [-0.1, -0.05) is 30.3 Å². The van der Waals surface area contributed by atoms with E-state index in [0.29, 0.717) is 11.4 Å². The smallest absolute Gasteiger partial charge is 0.255 e. The van der Waals surface area contributed by atoms with Gasteiger partial charge < -0.3 is 10.6 Å². The molecule has 110 valence electrons. The van der Waals surface area contributed by atoms with Crippen LogP contribution in [0.4, 0.5) is 5.82 Å². The summed E-state index contributed by atoms with van der Waals surface area (Å²) in [5, 5.41) is 6.20. The van der Waals surface area contributed by atoms with Crippen LogP contribution in [0, 0.1) is 0 Å². The van der Waals surface area contributed by atoms with E-state index < -0.39 is 0 Å². The highest BCUT2D eigenvalue weighted by molar-refractivity contribution is 5.98. The molecule has 2 aromatic rings. The van der Waals surface area contributed by atoms with E-state index in [-0.39, 0.29) is 18.0 Å². The molecule has 1 aromatic carbocycles. The van der Waals surface area contributed by atoms with E-state index in [2.05, 4.69) is 15.6 Å². The molecule has 0 bridgehead atoms. The number of benzene rings is 1. The maximum atomic E-state index is 12.4. The average molecular weight is 283 g/mol. The quantitative estimate of drug-likeness (QED) is 0.884. The Morgan fingerprint density at radius 1 is 1.05 bits per heavy atom. The zero-order valence-corrected chi connectivity index (χ0v) is 12.6. The van der Waals surface area contributed by atoms with Crippen molar-refractivity contribution >= 4 is 11.7 Å². The molecule has 0 fully saturated rings. The van der Waals surface area contributed by atoms with Gasteiger partial charge in [-0.15, -0.1) is 0 Å². The van der Waals surface area contributed by atoms with Crippen molar-refractivity contribution in [1.29, 1.82) is 0 Å². The Bertz CT molecular complexity index is 596. The van der Waals surface area contributed by atoms with Gasteiger partial charge in [0.2, 0.25) is 0 Å². The molecule has 0 saturated heterocycles. The lowest BCUT2D eigenvalue weighted by molar-refractivity contribution is 0.0940. The van der Waals surface area contributed by atoms with Crippen LogP contribution in [0.5, 0.6) is 0 Å². The lowest BCUT2D eigenvalue weighted by Gasteiger charge is -2.17. The topological polar surface area (TPSA) is 54.0 Å². The molecule has 0 spiro atoms. The molecular weight excluding hydrogens is 262 g/mol. The van der Waals surface area contributed by atoms with Crippen LogP contribution in [0.1, 0.15) is 42.7 Å². The fraction of sp³-hybridized carbons (Fsp3) is 0.294. The molecule has 4 nitrogen and oxygen atoms in total.